The van der Waals surface area contributed by atoms with Crippen LogP contribution >= 0.6 is 11.3 Å². The van der Waals surface area contributed by atoms with Crippen molar-refractivity contribution in [1.29, 1.82) is 0 Å². The first-order valence-electron chi connectivity index (χ1n) is 7.68. The van der Waals surface area contributed by atoms with E-state index in [1.165, 1.54) is 23.5 Å². The number of halogens is 1. The molecule has 0 aliphatic carbocycles. The quantitative estimate of drug-likeness (QED) is 0.851. The van der Waals surface area contributed by atoms with Crippen LogP contribution in [-0.2, 0) is 4.79 Å². The highest BCUT2D eigenvalue weighted by molar-refractivity contribution is 7.17. The molecule has 0 bridgehead atoms. The monoisotopic (exact) mass is 349 g/mol. The molecule has 2 rings (SSSR count). The second-order valence-electron chi connectivity index (χ2n) is 5.87. The number of benzene rings is 1. The molecule has 0 spiro atoms. The van der Waals surface area contributed by atoms with E-state index in [4.69, 9.17) is 5.11 Å². The van der Waals surface area contributed by atoms with Crippen LogP contribution in [0.3, 0.4) is 0 Å². The third-order valence-corrected chi connectivity index (χ3v) is 4.96. The number of carbonyl (C=O) groups is 2. The molecule has 2 aromatic rings. The summed E-state index contributed by atoms with van der Waals surface area (Å²) in [6.45, 7) is 5.81. The first-order valence-corrected chi connectivity index (χ1v) is 8.50. The van der Waals surface area contributed by atoms with E-state index in [-0.39, 0.29) is 30.7 Å². The molecule has 6 heteroatoms. The average molecular weight is 349 g/mol. The summed E-state index contributed by atoms with van der Waals surface area (Å²) in [5.74, 6) is -1.40. The van der Waals surface area contributed by atoms with Gasteiger partial charge in [-0.05, 0) is 50.1 Å². The summed E-state index contributed by atoms with van der Waals surface area (Å²) in [4.78, 5) is 26.6. The lowest BCUT2D eigenvalue weighted by atomic mass is 10.1. The van der Waals surface area contributed by atoms with Gasteiger partial charge in [-0.2, -0.15) is 0 Å². The molecule has 128 valence electrons. The van der Waals surface area contributed by atoms with Crippen molar-refractivity contribution < 1.29 is 19.1 Å². The van der Waals surface area contributed by atoms with Crippen LogP contribution in [0.2, 0.25) is 0 Å². The molecule has 1 heterocycles. The molecule has 0 saturated heterocycles. The molecule has 1 N–H and O–H groups in total. The Kier molecular flexibility index (Phi) is 5.72. The van der Waals surface area contributed by atoms with Crippen molar-refractivity contribution in [1.82, 2.24) is 4.90 Å². The maximum Gasteiger partial charge on any atom is 0.305 e. The fourth-order valence-corrected chi connectivity index (χ4v) is 3.56. The van der Waals surface area contributed by atoms with Gasteiger partial charge in [0.15, 0.2) is 0 Å². The number of carboxylic acid groups (broad SMARTS) is 1. The molecule has 4 nitrogen and oxygen atoms in total. The predicted molar refractivity (Wildman–Crippen MR) is 92.9 cm³/mol. The summed E-state index contributed by atoms with van der Waals surface area (Å²) in [5, 5.41) is 8.85. The van der Waals surface area contributed by atoms with Gasteiger partial charge < -0.3 is 10.0 Å². The highest BCUT2D eigenvalue weighted by atomic mass is 32.1. The van der Waals surface area contributed by atoms with Crippen LogP contribution in [0, 0.1) is 12.7 Å². The van der Waals surface area contributed by atoms with Gasteiger partial charge in [0.05, 0.1) is 11.3 Å². The number of carboxylic acids is 1. The van der Waals surface area contributed by atoms with E-state index in [9.17, 15) is 14.0 Å². The van der Waals surface area contributed by atoms with Crippen LogP contribution < -0.4 is 0 Å². The third-order valence-electron chi connectivity index (χ3n) is 3.69. The second-order valence-corrected chi connectivity index (χ2v) is 6.92. The minimum atomic E-state index is -0.928. The van der Waals surface area contributed by atoms with E-state index >= 15 is 0 Å². The van der Waals surface area contributed by atoms with Gasteiger partial charge in [-0.3, -0.25) is 9.59 Å². The van der Waals surface area contributed by atoms with E-state index in [0.717, 1.165) is 16.0 Å². The topological polar surface area (TPSA) is 57.6 Å². The molecule has 0 atom stereocenters. The number of thiophene rings is 1. The molecule has 0 radical (unpaired) electrons. The van der Waals surface area contributed by atoms with Gasteiger partial charge in [-0.15, -0.1) is 11.3 Å². The Morgan fingerprint density at radius 2 is 1.88 bits per heavy atom. The summed E-state index contributed by atoms with van der Waals surface area (Å²) in [5.41, 5.74) is 1.80. The average Bonchev–Trinajstić information content (AvgIpc) is 2.89. The van der Waals surface area contributed by atoms with Crippen molar-refractivity contribution >= 4 is 23.2 Å². The number of rotatable bonds is 6. The normalized spacial score (nSPS) is 10.9. The van der Waals surface area contributed by atoms with Gasteiger partial charge in [0, 0.05) is 17.5 Å². The van der Waals surface area contributed by atoms with Crippen molar-refractivity contribution in [2.75, 3.05) is 6.54 Å². The summed E-state index contributed by atoms with van der Waals surface area (Å²) in [6.07, 6.45) is -0.0842. The fourth-order valence-electron chi connectivity index (χ4n) is 2.43. The molecule has 1 aromatic heterocycles. The number of nitrogens with zero attached hydrogens (tertiary/aromatic N) is 1. The Balaban J connectivity index is 2.27. The molecule has 0 unspecified atom stereocenters. The van der Waals surface area contributed by atoms with Gasteiger partial charge >= 0.3 is 5.97 Å². The Hall–Kier alpha value is -2.21. The minimum Gasteiger partial charge on any atom is -0.481 e. The summed E-state index contributed by atoms with van der Waals surface area (Å²) < 4.78 is 13.1. The van der Waals surface area contributed by atoms with Crippen LogP contribution in [0.5, 0.6) is 0 Å². The Labute approximate surface area is 144 Å². The van der Waals surface area contributed by atoms with Gasteiger partial charge in [-0.1, -0.05) is 12.1 Å². The Morgan fingerprint density at radius 3 is 2.42 bits per heavy atom. The number of carbonyl (C=O) groups excluding carboxylic acids is 1. The predicted octanol–water partition coefficient (Wildman–Crippen LogP) is 4.19. The smallest absolute Gasteiger partial charge is 0.305 e. The van der Waals surface area contributed by atoms with Crippen molar-refractivity contribution in [2.24, 2.45) is 0 Å². The first kappa shape index (κ1) is 18.1. The number of aryl methyl sites for hydroxylation is 1. The lowest BCUT2D eigenvalue weighted by Gasteiger charge is -2.25. The molecule has 1 aromatic carbocycles. The van der Waals surface area contributed by atoms with E-state index in [1.54, 1.807) is 17.0 Å². The van der Waals surface area contributed by atoms with Crippen molar-refractivity contribution in [3.05, 3.63) is 46.6 Å². The van der Waals surface area contributed by atoms with E-state index in [0.29, 0.717) is 4.88 Å². The fraction of sp³-hybridized carbons (Fsp3) is 0.333. The van der Waals surface area contributed by atoms with E-state index in [1.807, 2.05) is 26.8 Å². The molecule has 24 heavy (non-hydrogen) atoms. The molecular weight excluding hydrogens is 329 g/mol. The molecule has 0 aliphatic rings. The highest BCUT2D eigenvalue weighted by Crippen LogP contribution is 2.33. The molecular formula is C18H20FNO3S. The number of amides is 1. The lowest BCUT2D eigenvalue weighted by molar-refractivity contribution is -0.137. The van der Waals surface area contributed by atoms with Crippen LogP contribution in [-0.4, -0.2) is 34.5 Å². The summed E-state index contributed by atoms with van der Waals surface area (Å²) in [7, 11) is 0. The number of aliphatic carboxylic acids is 1. The SMILES string of the molecule is Cc1cc(C(=O)N(CCC(=O)O)C(C)C)sc1-c1ccc(F)cc1. The van der Waals surface area contributed by atoms with Crippen molar-refractivity contribution in [3.8, 4) is 10.4 Å². The zero-order valence-corrected chi connectivity index (χ0v) is 14.7. The molecule has 0 fully saturated rings. The highest BCUT2D eigenvalue weighted by Gasteiger charge is 2.22. The van der Waals surface area contributed by atoms with Crippen LogP contribution in [0.15, 0.2) is 30.3 Å². The van der Waals surface area contributed by atoms with Crippen LogP contribution in [0.25, 0.3) is 10.4 Å². The van der Waals surface area contributed by atoms with Gasteiger partial charge in [-0.25, -0.2) is 4.39 Å². The van der Waals surface area contributed by atoms with Gasteiger partial charge in [0.25, 0.3) is 5.91 Å². The minimum absolute atomic E-state index is 0.0842. The van der Waals surface area contributed by atoms with E-state index in [2.05, 4.69) is 0 Å². The van der Waals surface area contributed by atoms with E-state index < -0.39 is 5.97 Å². The van der Waals surface area contributed by atoms with Crippen LogP contribution in [0.1, 0.15) is 35.5 Å². The lowest BCUT2D eigenvalue weighted by Crippen LogP contribution is -2.38. The van der Waals surface area contributed by atoms with Crippen molar-refractivity contribution in [3.63, 3.8) is 0 Å². The summed E-state index contributed by atoms with van der Waals surface area (Å²) in [6, 6.07) is 7.88. The second kappa shape index (κ2) is 7.57. The maximum atomic E-state index is 13.1. The molecule has 0 aliphatic heterocycles. The number of hydrogen-bond acceptors (Lipinski definition) is 3. The zero-order chi connectivity index (χ0) is 17.9. The standard InChI is InChI=1S/C18H20FNO3S/c1-11(2)20(9-8-16(21)22)18(23)15-10-12(3)17(24-15)13-4-6-14(19)7-5-13/h4-7,10-11H,8-9H2,1-3H3,(H,21,22). The van der Waals surface area contributed by atoms with Crippen molar-refractivity contribution in [2.45, 2.75) is 33.2 Å². The zero-order valence-electron chi connectivity index (χ0n) is 13.9. The van der Waals surface area contributed by atoms with Crippen LogP contribution in [0.4, 0.5) is 4.39 Å². The Bertz CT molecular complexity index is 737. The Morgan fingerprint density at radius 1 is 1.25 bits per heavy atom. The molecule has 1 amide bonds. The molecule has 0 saturated carbocycles. The summed E-state index contributed by atoms with van der Waals surface area (Å²) >= 11 is 1.35. The van der Waals surface area contributed by atoms with Gasteiger partial charge in [0.1, 0.15) is 5.82 Å². The third kappa shape index (κ3) is 4.20. The first-order chi connectivity index (χ1) is 11.3. The largest absolute Gasteiger partial charge is 0.481 e. The van der Waals surface area contributed by atoms with Gasteiger partial charge in [0.2, 0.25) is 0 Å². The number of hydrogen-bond donors (Lipinski definition) is 1. The maximum absolute atomic E-state index is 13.1.